The highest BCUT2D eigenvalue weighted by Crippen LogP contribution is 2.33. The van der Waals surface area contributed by atoms with E-state index >= 15 is 0 Å². The van der Waals surface area contributed by atoms with Gasteiger partial charge in [0.25, 0.3) is 0 Å². The lowest BCUT2D eigenvalue weighted by Gasteiger charge is -2.15. The molecule has 0 saturated carbocycles. The van der Waals surface area contributed by atoms with E-state index in [9.17, 15) is 0 Å². The standard InChI is InChI=1S/C53H42N8/c1-36(2)38-28-30-42(31-29-38)53-56-46-26-16-17-27-47(46)61(53)45-33-43(49(55-35-37-18-8-4-9-19-37)57-48(54-3)39-20-10-5-11-21-39)32-44(34-45)52-59-50(40-22-12-6-13-23-40)58-51(60-52)41-24-14-7-15-25-41/h4-34,36H,3,35H2,1-2H3. The number of aliphatic imine (C=N–C) groups is 3. The highest BCUT2D eigenvalue weighted by molar-refractivity contribution is 6.13. The molecule has 0 aliphatic heterocycles. The normalized spacial score (nSPS) is 11.9. The Morgan fingerprint density at radius 2 is 1.08 bits per heavy atom. The maximum absolute atomic E-state index is 5.24. The Hall–Kier alpha value is -7.97. The van der Waals surface area contributed by atoms with E-state index in [1.165, 1.54) is 5.56 Å². The lowest BCUT2D eigenvalue weighted by Crippen LogP contribution is -2.08. The van der Waals surface area contributed by atoms with Crippen molar-refractivity contribution >= 4 is 29.4 Å². The molecule has 8 heteroatoms. The average Bonchev–Trinajstić information content (AvgIpc) is 3.72. The molecule has 61 heavy (non-hydrogen) atoms. The van der Waals surface area contributed by atoms with Crippen molar-refractivity contribution in [2.45, 2.75) is 26.3 Å². The molecule has 0 saturated heterocycles. The summed E-state index contributed by atoms with van der Waals surface area (Å²) < 4.78 is 2.20. The van der Waals surface area contributed by atoms with Crippen LogP contribution in [0.3, 0.4) is 0 Å². The Kier molecular flexibility index (Phi) is 11.0. The van der Waals surface area contributed by atoms with Gasteiger partial charge in [-0.1, -0.05) is 172 Å². The number of aromatic nitrogens is 5. The molecule has 0 bridgehead atoms. The van der Waals surface area contributed by atoms with Crippen LogP contribution in [0, 0.1) is 0 Å². The lowest BCUT2D eigenvalue weighted by atomic mass is 10.0. The Labute approximate surface area is 355 Å². The SMILES string of the molecule is C=NC(=NC(=NCc1ccccc1)c1cc(-c2nc(-c3ccccc3)nc(-c3ccccc3)n2)cc(-n2c(-c3ccc(C(C)C)cc3)nc3ccccc32)c1)c1ccccc1. The zero-order valence-electron chi connectivity index (χ0n) is 34.0. The van der Waals surface area contributed by atoms with Gasteiger partial charge in [-0.2, -0.15) is 0 Å². The van der Waals surface area contributed by atoms with Gasteiger partial charge in [-0.25, -0.2) is 29.9 Å². The summed E-state index contributed by atoms with van der Waals surface area (Å²) in [5.41, 5.74) is 10.0. The molecule has 8 nitrogen and oxygen atoms in total. The fourth-order valence-electron chi connectivity index (χ4n) is 7.25. The summed E-state index contributed by atoms with van der Waals surface area (Å²) in [6, 6.07) is 63.2. The van der Waals surface area contributed by atoms with Crippen molar-refractivity contribution in [3.05, 3.63) is 210 Å². The fraction of sp³-hybridized carbons (Fsp3) is 0.0755. The van der Waals surface area contributed by atoms with Crippen molar-refractivity contribution in [1.82, 2.24) is 24.5 Å². The van der Waals surface area contributed by atoms with Crippen LogP contribution in [0.1, 0.15) is 42.0 Å². The number of imidazole rings is 1. The minimum Gasteiger partial charge on any atom is -0.292 e. The van der Waals surface area contributed by atoms with Gasteiger partial charge in [0.1, 0.15) is 5.82 Å². The van der Waals surface area contributed by atoms with Gasteiger partial charge in [0, 0.05) is 39.1 Å². The smallest absolute Gasteiger partial charge is 0.164 e. The first-order valence-electron chi connectivity index (χ1n) is 20.3. The Morgan fingerprint density at radius 1 is 0.525 bits per heavy atom. The summed E-state index contributed by atoms with van der Waals surface area (Å²) in [6.45, 7) is 8.72. The number of nitrogens with zero attached hydrogens (tertiary/aromatic N) is 8. The molecule has 0 aliphatic carbocycles. The van der Waals surface area contributed by atoms with Crippen LogP contribution in [0.15, 0.2) is 203 Å². The summed E-state index contributed by atoms with van der Waals surface area (Å²) in [5, 5.41) is 0. The van der Waals surface area contributed by atoms with Crippen LogP contribution in [0.25, 0.3) is 62.3 Å². The van der Waals surface area contributed by atoms with Crippen molar-refractivity contribution in [2.75, 3.05) is 0 Å². The largest absolute Gasteiger partial charge is 0.292 e. The number of amidine groups is 2. The van der Waals surface area contributed by atoms with Crippen LogP contribution in [-0.4, -0.2) is 42.9 Å². The first kappa shape index (κ1) is 38.5. The van der Waals surface area contributed by atoms with E-state index in [1.807, 2.05) is 127 Å². The van der Waals surface area contributed by atoms with E-state index in [0.29, 0.717) is 41.6 Å². The zero-order chi connectivity index (χ0) is 41.5. The third-order valence-corrected chi connectivity index (χ3v) is 10.4. The monoisotopic (exact) mass is 790 g/mol. The molecule has 9 rings (SSSR count). The van der Waals surface area contributed by atoms with Gasteiger partial charge in [-0.05, 0) is 54.1 Å². The predicted octanol–water partition coefficient (Wildman–Crippen LogP) is 12.1. The molecular weight excluding hydrogens is 749 g/mol. The minimum atomic E-state index is 0.391. The molecule has 294 valence electrons. The fourth-order valence-corrected chi connectivity index (χ4v) is 7.25. The van der Waals surface area contributed by atoms with Crippen LogP contribution in [0.4, 0.5) is 0 Å². The molecule has 0 spiro atoms. The van der Waals surface area contributed by atoms with Gasteiger partial charge in [0.05, 0.1) is 17.6 Å². The third kappa shape index (κ3) is 8.47. The van der Waals surface area contributed by atoms with E-state index < -0.39 is 0 Å². The van der Waals surface area contributed by atoms with Crippen molar-refractivity contribution in [2.24, 2.45) is 15.0 Å². The summed E-state index contributed by atoms with van der Waals surface area (Å²) in [6.07, 6.45) is 0. The molecule has 0 atom stereocenters. The molecule has 0 N–H and O–H groups in total. The molecule has 7 aromatic carbocycles. The van der Waals surface area contributed by atoms with E-state index in [-0.39, 0.29) is 0 Å². The Bertz CT molecular complexity index is 2950. The van der Waals surface area contributed by atoms with Crippen molar-refractivity contribution in [1.29, 1.82) is 0 Å². The molecule has 0 unspecified atom stereocenters. The van der Waals surface area contributed by atoms with Crippen molar-refractivity contribution in [3.63, 3.8) is 0 Å². The highest BCUT2D eigenvalue weighted by Gasteiger charge is 2.20. The summed E-state index contributed by atoms with van der Waals surface area (Å²) in [5.74, 6) is 3.76. The highest BCUT2D eigenvalue weighted by atomic mass is 15.1. The van der Waals surface area contributed by atoms with Gasteiger partial charge in [0.15, 0.2) is 29.1 Å². The van der Waals surface area contributed by atoms with E-state index in [4.69, 9.17) is 29.9 Å². The quantitative estimate of drug-likeness (QED) is 0.102. The topological polar surface area (TPSA) is 93.6 Å². The maximum atomic E-state index is 5.24. The molecule has 0 radical (unpaired) electrons. The molecule has 2 heterocycles. The number of para-hydroxylation sites is 2. The summed E-state index contributed by atoms with van der Waals surface area (Å²) in [7, 11) is 0. The van der Waals surface area contributed by atoms with Crippen LogP contribution in [0.5, 0.6) is 0 Å². The second kappa shape index (κ2) is 17.5. The van der Waals surface area contributed by atoms with Crippen LogP contribution < -0.4 is 0 Å². The maximum Gasteiger partial charge on any atom is 0.164 e. The number of hydrogen-bond donors (Lipinski definition) is 0. The minimum absolute atomic E-state index is 0.391. The first-order valence-corrected chi connectivity index (χ1v) is 20.3. The number of fused-ring (bicyclic) bond motifs is 1. The molecule has 0 fully saturated rings. The number of benzene rings is 7. The van der Waals surface area contributed by atoms with Gasteiger partial charge >= 0.3 is 0 Å². The van der Waals surface area contributed by atoms with Crippen LogP contribution in [0.2, 0.25) is 0 Å². The molecule has 9 aromatic rings. The summed E-state index contributed by atoms with van der Waals surface area (Å²) in [4.78, 5) is 35.3. The zero-order valence-corrected chi connectivity index (χ0v) is 34.0. The molecular formula is C53H42N8. The van der Waals surface area contributed by atoms with Crippen LogP contribution >= 0.6 is 0 Å². The van der Waals surface area contributed by atoms with E-state index in [2.05, 4.69) is 90.8 Å². The Balaban J connectivity index is 1.33. The molecule has 0 amide bonds. The Morgan fingerprint density at radius 3 is 1.69 bits per heavy atom. The second-order valence-electron chi connectivity index (χ2n) is 14.9. The average molecular weight is 791 g/mol. The predicted molar refractivity (Wildman–Crippen MR) is 249 cm³/mol. The third-order valence-electron chi connectivity index (χ3n) is 10.4. The van der Waals surface area contributed by atoms with Crippen LogP contribution in [-0.2, 0) is 6.54 Å². The molecule has 0 aliphatic rings. The first-order chi connectivity index (χ1) is 30.0. The van der Waals surface area contributed by atoms with E-state index in [1.54, 1.807) is 0 Å². The lowest BCUT2D eigenvalue weighted by molar-refractivity contribution is 0.867. The van der Waals surface area contributed by atoms with Gasteiger partial charge < -0.3 is 0 Å². The van der Waals surface area contributed by atoms with Gasteiger partial charge in [-0.15, -0.1) is 0 Å². The summed E-state index contributed by atoms with van der Waals surface area (Å²) >= 11 is 0. The van der Waals surface area contributed by atoms with Gasteiger partial charge in [0.2, 0.25) is 0 Å². The number of hydrogen-bond acceptors (Lipinski definition) is 5. The van der Waals surface area contributed by atoms with Crippen molar-refractivity contribution in [3.8, 4) is 51.2 Å². The van der Waals surface area contributed by atoms with Gasteiger partial charge in [-0.3, -0.25) is 9.56 Å². The molecule has 2 aromatic heterocycles. The number of rotatable bonds is 10. The van der Waals surface area contributed by atoms with E-state index in [0.717, 1.165) is 61.5 Å². The van der Waals surface area contributed by atoms with Crippen molar-refractivity contribution < 1.29 is 0 Å². The second-order valence-corrected chi connectivity index (χ2v) is 14.9.